The van der Waals surface area contributed by atoms with Crippen molar-refractivity contribution in [2.75, 3.05) is 7.05 Å². The van der Waals surface area contributed by atoms with E-state index in [4.69, 9.17) is 0 Å². The second-order valence-corrected chi connectivity index (χ2v) is 14.0. The van der Waals surface area contributed by atoms with Gasteiger partial charge in [0.1, 0.15) is 0 Å². The number of benzene rings is 4. The topological polar surface area (TPSA) is 115 Å². The van der Waals surface area contributed by atoms with Gasteiger partial charge >= 0.3 is 0 Å². The Morgan fingerprint density at radius 3 is 1.35 bits per heavy atom. The molecular weight excluding hydrogens is 540 g/mol. The lowest BCUT2D eigenvalue weighted by Gasteiger charge is -2.28. The molecule has 8 heteroatoms. The molecule has 2 aliphatic rings. The number of nitrogens with one attached hydrogen (secondary N) is 3. The molecule has 0 fully saturated rings. The Labute approximate surface area is 246 Å². The van der Waals surface area contributed by atoms with Gasteiger partial charge in [0.25, 0.3) is 23.6 Å². The highest BCUT2D eigenvalue weighted by molar-refractivity contribution is 6.45. The van der Waals surface area contributed by atoms with Crippen LogP contribution in [0.1, 0.15) is 94.1 Å². The Morgan fingerprint density at radius 1 is 0.558 bits per heavy atom. The lowest BCUT2D eigenvalue weighted by atomic mass is 9.81. The number of fused-ring (bicyclic) bond motifs is 10. The van der Waals surface area contributed by atoms with Gasteiger partial charge in [0.05, 0.1) is 33.3 Å². The first-order valence-corrected chi connectivity index (χ1v) is 14.4. The summed E-state index contributed by atoms with van der Waals surface area (Å²) in [6.07, 6.45) is 0. The number of aromatic amines is 2. The Hall–Kier alpha value is -4.98. The number of hydrogen-bond donors (Lipinski definition) is 3. The number of rotatable bonds is 0. The second kappa shape index (κ2) is 7.69. The molecule has 0 unspecified atom stereocenters. The number of H-pyrrole nitrogens is 2. The summed E-state index contributed by atoms with van der Waals surface area (Å²) in [5.41, 5.74) is 5.62. The molecule has 0 atom stereocenters. The fraction of sp³-hybridized carbons (Fsp3) is 0.257. The molecule has 214 valence electrons. The van der Waals surface area contributed by atoms with Crippen LogP contribution in [0.4, 0.5) is 0 Å². The van der Waals surface area contributed by atoms with Gasteiger partial charge in [-0.15, -0.1) is 0 Å². The standard InChI is InChI=1S/C35H30N4O4/c1-34(2,3)14-8-10-16-18(12-14)36-28-20(16)24-22-23-26(28)32(42)39(7)33(43)27(23)29-21(25(22)31(41)38-30(24)40)17-11-9-15(35(4,5)6)13-19(17)37-29/h8-13,36-37H,1-7H3,(H,38,40,41). The summed E-state index contributed by atoms with van der Waals surface area (Å²) in [4.78, 5) is 63.5. The quantitative estimate of drug-likeness (QED) is 0.174. The molecule has 0 aliphatic carbocycles. The van der Waals surface area contributed by atoms with Crippen LogP contribution in [-0.2, 0) is 10.8 Å². The van der Waals surface area contributed by atoms with Gasteiger partial charge in [0, 0.05) is 50.4 Å². The van der Waals surface area contributed by atoms with Gasteiger partial charge in [0.15, 0.2) is 0 Å². The van der Waals surface area contributed by atoms with Crippen molar-refractivity contribution in [3.8, 4) is 0 Å². The Morgan fingerprint density at radius 2 is 0.953 bits per heavy atom. The molecule has 43 heavy (non-hydrogen) atoms. The molecule has 2 aromatic heterocycles. The SMILES string of the molecule is CN1C(=O)c2c3[nH]c4cc(C(C)(C)C)ccc4c3c3c4c(c5c([nH]c6cc(C(C)(C)C)ccc65)c(c24)C1=O)C(=O)NC3=O. The third-order valence-electron chi connectivity index (χ3n) is 9.30. The fourth-order valence-electron chi connectivity index (χ4n) is 7.01. The molecule has 4 aromatic carbocycles. The average Bonchev–Trinajstić information content (AvgIpc) is 3.49. The number of carbonyl (C=O) groups excluding carboxylic acids is 4. The van der Waals surface area contributed by atoms with Crippen molar-refractivity contribution in [1.82, 2.24) is 20.2 Å². The Balaban J connectivity index is 1.67. The van der Waals surface area contributed by atoms with E-state index in [0.717, 1.165) is 37.8 Å². The van der Waals surface area contributed by atoms with Gasteiger partial charge < -0.3 is 9.97 Å². The zero-order valence-corrected chi connectivity index (χ0v) is 25.0. The predicted molar refractivity (Wildman–Crippen MR) is 168 cm³/mol. The van der Waals surface area contributed by atoms with Gasteiger partial charge in [-0.1, -0.05) is 65.8 Å². The van der Waals surface area contributed by atoms with Crippen LogP contribution < -0.4 is 5.32 Å². The highest BCUT2D eigenvalue weighted by Crippen LogP contribution is 2.48. The number of aromatic nitrogens is 2. The third kappa shape index (κ3) is 3.10. The van der Waals surface area contributed by atoms with Gasteiger partial charge in [-0.05, 0) is 34.1 Å². The minimum absolute atomic E-state index is 0.127. The van der Waals surface area contributed by atoms with Crippen molar-refractivity contribution in [1.29, 1.82) is 0 Å². The number of hydrogen-bond acceptors (Lipinski definition) is 4. The van der Waals surface area contributed by atoms with Gasteiger partial charge in [-0.2, -0.15) is 0 Å². The summed E-state index contributed by atoms with van der Waals surface area (Å²) in [5, 5.41) is 5.96. The molecule has 4 heterocycles. The molecule has 2 aliphatic heterocycles. The lowest BCUT2D eigenvalue weighted by molar-refractivity contribution is 0.0651. The monoisotopic (exact) mass is 570 g/mol. The predicted octanol–water partition coefficient (Wildman–Crippen LogP) is 6.81. The van der Waals surface area contributed by atoms with Crippen LogP contribution in [0.5, 0.6) is 0 Å². The van der Waals surface area contributed by atoms with Crippen molar-refractivity contribution in [3.63, 3.8) is 0 Å². The molecule has 8 nitrogen and oxygen atoms in total. The average molecular weight is 571 g/mol. The maximum atomic E-state index is 14.0. The van der Waals surface area contributed by atoms with E-state index >= 15 is 0 Å². The maximum Gasteiger partial charge on any atom is 0.263 e. The second-order valence-electron chi connectivity index (χ2n) is 14.0. The normalized spacial score (nSPS) is 15.7. The van der Waals surface area contributed by atoms with Crippen molar-refractivity contribution >= 4 is 78.0 Å². The first-order valence-electron chi connectivity index (χ1n) is 14.4. The number of nitrogens with zero attached hydrogens (tertiary/aromatic N) is 1. The smallest absolute Gasteiger partial charge is 0.263 e. The summed E-state index contributed by atoms with van der Waals surface area (Å²) in [7, 11) is 1.48. The Kier molecular flexibility index (Phi) is 4.60. The molecule has 0 radical (unpaired) electrons. The van der Waals surface area contributed by atoms with E-state index in [1.54, 1.807) is 0 Å². The fourth-order valence-corrected chi connectivity index (χ4v) is 7.01. The summed E-state index contributed by atoms with van der Waals surface area (Å²) in [6.45, 7) is 12.7. The van der Waals surface area contributed by atoms with E-state index < -0.39 is 23.6 Å². The molecule has 0 saturated carbocycles. The van der Waals surface area contributed by atoms with Crippen LogP contribution in [0, 0.1) is 0 Å². The van der Waals surface area contributed by atoms with Crippen LogP contribution in [-0.4, -0.2) is 45.5 Å². The van der Waals surface area contributed by atoms with Crippen molar-refractivity contribution in [3.05, 3.63) is 69.8 Å². The summed E-state index contributed by atoms with van der Waals surface area (Å²) in [5.74, 6) is -2.05. The van der Waals surface area contributed by atoms with Gasteiger partial charge in [-0.25, -0.2) is 0 Å². The largest absolute Gasteiger partial charge is 0.354 e. The first-order chi connectivity index (χ1) is 20.2. The summed E-state index contributed by atoms with van der Waals surface area (Å²) in [6, 6.07) is 12.1. The van der Waals surface area contributed by atoms with Crippen molar-refractivity contribution in [2.24, 2.45) is 0 Å². The highest BCUT2D eigenvalue weighted by Gasteiger charge is 2.42. The van der Waals surface area contributed by atoms with Crippen LogP contribution in [0.3, 0.4) is 0 Å². The number of imide groups is 2. The molecule has 3 N–H and O–H groups in total. The molecule has 6 aromatic rings. The summed E-state index contributed by atoms with van der Waals surface area (Å²) >= 11 is 0. The summed E-state index contributed by atoms with van der Waals surface area (Å²) < 4.78 is 0. The van der Waals surface area contributed by atoms with Crippen LogP contribution in [0.25, 0.3) is 54.4 Å². The minimum atomic E-state index is -0.547. The number of carbonyl (C=O) groups is 4. The van der Waals surface area contributed by atoms with E-state index in [9.17, 15) is 19.2 Å². The van der Waals surface area contributed by atoms with Crippen LogP contribution in [0.15, 0.2) is 36.4 Å². The molecule has 0 bridgehead atoms. The third-order valence-corrected chi connectivity index (χ3v) is 9.30. The Bertz CT molecular complexity index is 2210. The van der Waals surface area contributed by atoms with E-state index in [0.29, 0.717) is 54.8 Å². The van der Waals surface area contributed by atoms with Gasteiger partial charge in [-0.3, -0.25) is 29.4 Å². The van der Waals surface area contributed by atoms with Gasteiger partial charge in [0.2, 0.25) is 0 Å². The van der Waals surface area contributed by atoms with Crippen LogP contribution >= 0.6 is 0 Å². The van der Waals surface area contributed by atoms with E-state index in [2.05, 4.69) is 56.8 Å². The van der Waals surface area contributed by atoms with E-state index in [1.165, 1.54) is 7.05 Å². The van der Waals surface area contributed by atoms with E-state index in [1.807, 2.05) is 36.4 Å². The minimum Gasteiger partial charge on any atom is -0.354 e. The maximum absolute atomic E-state index is 14.0. The molecule has 8 rings (SSSR count). The van der Waals surface area contributed by atoms with Crippen LogP contribution in [0.2, 0.25) is 0 Å². The lowest BCUT2D eigenvalue weighted by Crippen LogP contribution is -2.40. The first kappa shape index (κ1) is 25.7. The highest BCUT2D eigenvalue weighted by atomic mass is 16.2. The van der Waals surface area contributed by atoms with E-state index in [-0.39, 0.29) is 10.8 Å². The molecule has 0 saturated heterocycles. The molecule has 4 amide bonds. The zero-order chi connectivity index (χ0) is 30.5. The molecular formula is C35H30N4O4. The molecule has 0 spiro atoms. The van der Waals surface area contributed by atoms with Crippen molar-refractivity contribution < 1.29 is 19.2 Å². The number of amides is 4. The zero-order valence-electron chi connectivity index (χ0n) is 25.0. The van der Waals surface area contributed by atoms with Crippen molar-refractivity contribution in [2.45, 2.75) is 52.4 Å².